The lowest BCUT2D eigenvalue weighted by molar-refractivity contribution is -0.0837. The van der Waals surface area contributed by atoms with Crippen LogP contribution in [-0.2, 0) is 9.47 Å². The van der Waals surface area contributed by atoms with Gasteiger partial charge in [-0.25, -0.2) is 0 Å². The van der Waals surface area contributed by atoms with Gasteiger partial charge < -0.3 is 9.47 Å². The van der Waals surface area contributed by atoms with Gasteiger partial charge in [0.05, 0.1) is 6.10 Å². The van der Waals surface area contributed by atoms with Gasteiger partial charge in [-0.15, -0.1) is 0 Å². The molecule has 2 nitrogen and oxygen atoms in total. The van der Waals surface area contributed by atoms with E-state index in [1.54, 1.807) is 12.7 Å². The highest BCUT2D eigenvalue weighted by atomic mass is 16.7. The van der Waals surface area contributed by atoms with Crippen LogP contribution in [0.25, 0.3) is 0 Å². The van der Waals surface area contributed by atoms with Gasteiger partial charge in [-0.05, 0) is 97.7 Å². The van der Waals surface area contributed by atoms with Crippen molar-refractivity contribution < 1.29 is 9.47 Å². The zero-order valence-corrected chi connectivity index (χ0v) is 21.4. The maximum Gasteiger partial charge on any atom is 0.147 e. The largest absolute Gasteiger partial charge is 0.359 e. The van der Waals surface area contributed by atoms with E-state index < -0.39 is 0 Å². The van der Waals surface area contributed by atoms with Gasteiger partial charge in [-0.2, -0.15) is 0 Å². The molecule has 0 amide bonds. The van der Waals surface area contributed by atoms with Crippen molar-refractivity contribution in [1.82, 2.24) is 0 Å². The maximum atomic E-state index is 5.94. The molecular formula is C29H50O2. The lowest BCUT2D eigenvalue weighted by Gasteiger charge is -2.59. The van der Waals surface area contributed by atoms with Crippen LogP contribution >= 0.6 is 0 Å². The summed E-state index contributed by atoms with van der Waals surface area (Å²) in [4.78, 5) is 0. The van der Waals surface area contributed by atoms with E-state index in [-0.39, 0.29) is 6.10 Å². The van der Waals surface area contributed by atoms with Gasteiger partial charge in [0, 0.05) is 7.11 Å². The fourth-order valence-corrected chi connectivity index (χ4v) is 9.01. The molecule has 0 aliphatic heterocycles. The molecule has 0 bridgehead atoms. The molecule has 3 fully saturated rings. The van der Waals surface area contributed by atoms with Gasteiger partial charge in [0.2, 0.25) is 0 Å². The first kappa shape index (κ1) is 23.8. The van der Waals surface area contributed by atoms with Gasteiger partial charge in [0.15, 0.2) is 0 Å². The number of methoxy groups -OCH3 is 1. The van der Waals surface area contributed by atoms with E-state index in [0.29, 0.717) is 17.6 Å². The van der Waals surface area contributed by atoms with E-state index in [4.69, 9.17) is 9.47 Å². The van der Waals surface area contributed by atoms with Crippen LogP contribution in [0.1, 0.15) is 105 Å². The highest BCUT2D eigenvalue weighted by molar-refractivity contribution is 5.25. The molecule has 4 aliphatic rings. The van der Waals surface area contributed by atoms with E-state index >= 15 is 0 Å². The van der Waals surface area contributed by atoms with Crippen molar-refractivity contribution in [2.24, 2.45) is 46.3 Å². The van der Waals surface area contributed by atoms with Crippen LogP contribution < -0.4 is 0 Å². The normalized spacial score (nSPS) is 43.2. The lowest BCUT2D eigenvalue weighted by Crippen LogP contribution is -2.51. The smallest absolute Gasteiger partial charge is 0.147 e. The summed E-state index contributed by atoms with van der Waals surface area (Å²) in [7, 11) is 1.73. The van der Waals surface area contributed by atoms with E-state index in [1.807, 2.05) is 0 Å². The van der Waals surface area contributed by atoms with E-state index in [9.17, 15) is 0 Å². The molecule has 0 spiro atoms. The predicted octanol–water partition coefficient (Wildman–Crippen LogP) is 8.02. The summed E-state index contributed by atoms with van der Waals surface area (Å²) >= 11 is 0. The maximum absolute atomic E-state index is 5.94. The lowest BCUT2D eigenvalue weighted by atomic mass is 9.46. The molecule has 0 aromatic carbocycles. The van der Waals surface area contributed by atoms with Crippen molar-refractivity contribution in [3.8, 4) is 0 Å². The summed E-state index contributed by atoms with van der Waals surface area (Å²) in [6.07, 6.45) is 18.2. The number of hydrogen-bond acceptors (Lipinski definition) is 2. The summed E-state index contributed by atoms with van der Waals surface area (Å²) in [6.45, 7) is 13.1. The molecule has 178 valence electrons. The van der Waals surface area contributed by atoms with Crippen molar-refractivity contribution >= 4 is 0 Å². The number of rotatable bonds is 8. The molecule has 0 heterocycles. The highest BCUT2D eigenvalue weighted by Crippen LogP contribution is 2.67. The molecule has 2 heteroatoms. The molecule has 3 saturated carbocycles. The van der Waals surface area contributed by atoms with Crippen molar-refractivity contribution in [2.75, 3.05) is 13.9 Å². The Bertz CT molecular complexity index is 639. The fourth-order valence-electron chi connectivity index (χ4n) is 9.01. The molecule has 0 aromatic rings. The third-order valence-corrected chi connectivity index (χ3v) is 10.7. The van der Waals surface area contributed by atoms with Crippen LogP contribution in [0.5, 0.6) is 0 Å². The Labute approximate surface area is 192 Å². The number of ether oxygens (including phenoxy) is 2. The minimum absolute atomic E-state index is 0.274. The summed E-state index contributed by atoms with van der Waals surface area (Å²) in [6, 6.07) is 0. The second-order valence-corrected chi connectivity index (χ2v) is 12.7. The average Bonchev–Trinajstić information content (AvgIpc) is 3.09. The number of hydrogen-bond donors (Lipinski definition) is 0. The Morgan fingerprint density at radius 3 is 2.52 bits per heavy atom. The molecule has 4 rings (SSSR count). The van der Waals surface area contributed by atoms with Gasteiger partial charge in [0.1, 0.15) is 6.79 Å². The summed E-state index contributed by atoms with van der Waals surface area (Å²) in [5, 5.41) is 0. The van der Waals surface area contributed by atoms with E-state index in [2.05, 4.69) is 40.7 Å². The van der Waals surface area contributed by atoms with Crippen molar-refractivity contribution in [3.63, 3.8) is 0 Å². The zero-order valence-electron chi connectivity index (χ0n) is 21.4. The van der Waals surface area contributed by atoms with Crippen LogP contribution in [0.15, 0.2) is 11.6 Å². The number of allylic oxidation sites excluding steroid dienone is 1. The molecule has 0 N–H and O–H groups in total. The summed E-state index contributed by atoms with van der Waals surface area (Å²) in [5.74, 6) is 5.58. The monoisotopic (exact) mass is 430 g/mol. The van der Waals surface area contributed by atoms with Crippen molar-refractivity contribution in [3.05, 3.63) is 11.6 Å². The van der Waals surface area contributed by atoms with Gasteiger partial charge in [-0.1, -0.05) is 65.5 Å². The summed E-state index contributed by atoms with van der Waals surface area (Å²) in [5.41, 5.74) is 2.76. The fraction of sp³-hybridized carbons (Fsp3) is 0.931. The Hall–Kier alpha value is -0.340. The summed E-state index contributed by atoms with van der Waals surface area (Å²) < 4.78 is 11.1. The minimum atomic E-state index is 0.274. The van der Waals surface area contributed by atoms with Gasteiger partial charge >= 0.3 is 0 Å². The van der Waals surface area contributed by atoms with Gasteiger partial charge in [-0.3, -0.25) is 0 Å². The predicted molar refractivity (Wildman–Crippen MR) is 130 cm³/mol. The van der Waals surface area contributed by atoms with Gasteiger partial charge in [0.25, 0.3) is 0 Å². The Balaban J connectivity index is 1.45. The third kappa shape index (κ3) is 4.42. The second-order valence-electron chi connectivity index (χ2n) is 12.7. The van der Waals surface area contributed by atoms with Crippen LogP contribution in [0.2, 0.25) is 0 Å². The first-order chi connectivity index (χ1) is 14.8. The molecule has 0 aromatic heterocycles. The molecule has 4 aliphatic carbocycles. The molecule has 31 heavy (non-hydrogen) atoms. The average molecular weight is 431 g/mol. The molecule has 0 saturated heterocycles. The number of fused-ring (bicyclic) bond motifs is 5. The molecule has 8 atom stereocenters. The van der Waals surface area contributed by atoms with Crippen molar-refractivity contribution in [2.45, 2.75) is 111 Å². The quantitative estimate of drug-likeness (QED) is 0.287. The Morgan fingerprint density at radius 2 is 1.77 bits per heavy atom. The standard InChI is InChI=1S/C29H50O2/c1-20(2)8-7-9-21(3)25-12-13-26-24-11-10-22-18-23(31-19-30-6)14-16-28(22,4)27(24)15-17-29(25,26)5/h18,20-21,23-27H,7-17,19H2,1-6H3/t21-,23+,24+,25-,26+,27+,28+,29-/m1/s1. The van der Waals surface area contributed by atoms with E-state index in [1.165, 1.54) is 70.6 Å². The molecule has 0 radical (unpaired) electrons. The SMILES string of the molecule is COCO[C@@H]1C=C2CC[C@H]3[C@@H]4CC[C@H]([C@H](C)CCCC(C)C)[C@@]4(C)CC[C@@H]3[C@@]2(C)CC1. The van der Waals surface area contributed by atoms with Crippen LogP contribution in [0.3, 0.4) is 0 Å². The molecular weight excluding hydrogens is 380 g/mol. The van der Waals surface area contributed by atoms with Crippen molar-refractivity contribution in [1.29, 1.82) is 0 Å². The Morgan fingerprint density at radius 1 is 0.968 bits per heavy atom. The first-order valence-electron chi connectivity index (χ1n) is 13.6. The molecule has 0 unspecified atom stereocenters. The van der Waals surface area contributed by atoms with E-state index in [0.717, 1.165) is 35.5 Å². The van der Waals surface area contributed by atoms with Crippen LogP contribution in [0, 0.1) is 46.3 Å². The minimum Gasteiger partial charge on any atom is -0.359 e. The second kappa shape index (κ2) is 9.49. The van der Waals surface area contributed by atoms with Crippen LogP contribution in [0.4, 0.5) is 0 Å². The third-order valence-electron chi connectivity index (χ3n) is 10.7. The first-order valence-corrected chi connectivity index (χ1v) is 13.6. The topological polar surface area (TPSA) is 18.5 Å². The van der Waals surface area contributed by atoms with Crippen LogP contribution in [-0.4, -0.2) is 20.0 Å². The Kier molecular flexibility index (Phi) is 7.29. The highest BCUT2D eigenvalue weighted by Gasteiger charge is 2.59. The zero-order chi connectivity index (χ0) is 22.2.